The predicted molar refractivity (Wildman–Crippen MR) is 111 cm³/mol. The highest BCUT2D eigenvalue weighted by Gasteiger charge is 2.47. The van der Waals surface area contributed by atoms with Gasteiger partial charge in [0.05, 0.1) is 10.6 Å². The highest BCUT2D eigenvalue weighted by Crippen LogP contribution is 2.36. The quantitative estimate of drug-likeness (QED) is 0.723. The minimum atomic E-state index is -3.78. The van der Waals surface area contributed by atoms with Crippen LogP contribution in [0, 0.1) is 0 Å². The first-order valence-corrected chi connectivity index (χ1v) is 11.8. The number of hydrogen-bond acceptors (Lipinski definition) is 6. The molecule has 2 saturated heterocycles. The van der Waals surface area contributed by atoms with Gasteiger partial charge < -0.3 is 15.8 Å². The molecule has 0 aromatic heterocycles. The van der Waals surface area contributed by atoms with Crippen molar-refractivity contribution >= 4 is 27.5 Å². The third-order valence-corrected chi connectivity index (χ3v) is 8.38. The van der Waals surface area contributed by atoms with Gasteiger partial charge in [0.25, 0.3) is 5.91 Å². The summed E-state index contributed by atoms with van der Waals surface area (Å²) in [4.78, 5) is 26.5. The molecule has 0 radical (unpaired) electrons. The molecule has 0 aliphatic carbocycles. The van der Waals surface area contributed by atoms with Crippen molar-refractivity contribution in [3.8, 4) is 5.75 Å². The van der Waals surface area contributed by atoms with Gasteiger partial charge in [-0.3, -0.25) is 14.5 Å². The maximum Gasteiger partial charge on any atom is 0.265 e. The lowest BCUT2D eigenvalue weighted by Crippen LogP contribution is -2.63. The van der Waals surface area contributed by atoms with Crippen molar-refractivity contribution in [2.45, 2.75) is 55.6 Å². The Bertz CT molecular complexity index is 950. The van der Waals surface area contributed by atoms with E-state index in [1.807, 2.05) is 0 Å². The van der Waals surface area contributed by atoms with E-state index in [1.54, 1.807) is 13.0 Å². The molecule has 2 amide bonds. The lowest BCUT2D eigenvalue weighted by Gasteiger charge is -2.47. The maximum atomic E-state index is 13.2. The number of likely N-dealkylation sites (tertiary alicyclic amines) is 1. The van der Waals surface area contributed by atoms with Crippen molar-refractivity contribution in [1.82, 2.24) is 9.21 Å². The molecule has 3 heterocycles. The molecule has 10 heteroatoms. The molecule has 4 rings (SSSR count). The number of primary amides is 1. The monoisotopic (exact) mass is 436 g/mol. The Labute approximate surface area is 176 Å². The number of nitrogens with two attached hydrogens (primary N) is 1. The third kappa shape index (κ3) is 3.57. The normalized spacial score (nSPS) is 25.1. The SMILES string of the molecule is C[C@H]1Oc2ccc(S(=O)(=O)N3CCC(C(N)=O)(N4CCCCC4)CC3)cc2NC1=O. The van der Waals surface area contributed by atoms with Crippen LogP contribution >= 0.6 is 0 Å². The van der Waals surface area contributed by atoms with Crippen LogP contribution in [0.15, 0.2) is 23.1 Å². The van der Waals surface area contributed by atoms with Crippen LogP contribution in [0.2, 0.25) is 0 Å². The fourth-order valence-corrected chi connectivity index (χ4v) is 6.10. The van der Waals surface area contributed by atoms with E-state index in [2.05, 4.69) is 10.2 Å². The predicted octanol–water partition coefficient (Wildman–Crippen LogP) is 0.901. The van der Waals surface area contributed by atoms with E-state index in [-0.39, 0.29) is 29.8 Å². The van der Waals surface area contributed by atoms with Crippen molar-refractivity contribution in [3.05, 3.63) is 18.2 Å². The van der Waals surface area contributed by atoms with E-state index in [0.717, 1.165) is 32.4 Å². The van der Waals surface area contributed by atoms with Gasteiger partial charge >= 0.3 is 0 Å². The summed E-state index contributed by atoms with van der Waals surface area (Å²) in [7, 11) is -3.78. The molecule has 1 aromatic rings. The highest BCUT2D eigenvalue weighted by molar-refractivity contribution is 7.89. The van der Waals surface area contributed by atoms with Gasteiger partial charge in [-0.05, 0) is 63.9 Å². The number of hydrogen-bond donors (Lipinski definition) is 2. The topological polar surface area (TPSA) is 122 Å². The largest absolute Gasteiger partial charge is 0.479 e. The Hall–Kier alpha value is -2.17. The molecule has 3 aliphatic rings. The molecule has 1 atom stereocenters. The summed E-state index contributed by atoms with van der Waals surface area (Å²) in [6.45, 7) is 3.71. The van der Waals surface area contributed by atoms with Gasteiger partial charge in [-0.1, -0.05) is 6.42 Å². The molecular weight excluding hydrogens is 408 g/mol. The Morgan fingerprint density at radius 3 is 2.47 bits per heavy atom. The number of nitrogens with one attached hydrogen (secondary N) is 1. The number of nitrogens with zero attached hydrogens (tertiary/aromatic N) is 2. The Balaban J connectivity index is 1.53. The second-order valence-electron chi connectivity index (χ2n) is 8.25. The zero-order chi connectivity index (χ0) is 21.5. The number of anilines is 1. The number of ether oxygens (including phenoxy) is 1. The van der Waals surface area contributed by atoms with Crippen LogP contribution in [0.1, 0.15) is 39.0 Å². The fourth-order valence-electron chi connectivity index (χ4n) is 4.63. The summed E-state index contributed by atoms with van der Waals surface area (Å²) in [5.41, 5.74) is 5.36. The van der Waals surface area contributed by atoms with Gasteiger partial charge in [-0.2, -0.15) is 4.31 Å². The number of carbonyl (C=O) groups is 2. The molecule has 0 spiro atoms. The van der Waals surface area contributed by atoms with E-state index in [4.69, 9.17) is 10.5 Å². The second kappa shape index (κ2) is 7.82. The first kappa shape index (κ1) is 21.1. The van der Waals surface area contributed by atoms with Gasteiger partial charge in [-0.25, -0.2) is 8.42 Å². The number of rotatable bonds is 4. The number of piperidine rings is 2. The molecule has 164 valence electrons. The summed E-state index contributed by atoms with van der Waals surface area (Å²) >= 11 is 0. The van der Waals surface area contributed by atoms with Crippen LogP contribution in [-0.2, 0) is 19.6 Å². The van der Waals surface area contributed by atoms with E-state index < -0.39 is 21.7 Å². The average molecular weight is 437 g/mol. The van der Waals surface area contributed by atoms with Crippen molar-refractivity contribution in [2.75, 3.05) is 31.5 Å². The lowest BCUT2D eigenvalue weighted by atomic mass is 9.84. The van der Waals surface area contributed by atoms with Gasteiger partial charge in [0.1, 0.15) is 11.3 Å². The molecule has 2 fully saturated rings. The van der Waals surface area contributed by atoms with E-state index >= 15 is 0 Å². The Morgan fingerprint density at radius 2 is 1.83 bits per heavy atom. The molecule has 9 nitrogen and oxygen atoms in total. The van der Waals surface area contributed by atoms with Crippen LogP contribution in [0.25, 0.3) is 0 Å². The average Bonchev–Trinajstić information content (AvgIpc) is 2.74. The zero-order valence-corrected chi connectivity index (χ0v) is 17.9. The number of sulfonamides is 1. The number of amides is 2. The third-order valence-electron chi connectivity index (χ3n) is 6.49. The summed E-state index contributed by atoms with van der Waals surface area (Å²) < 4.78 is 33.3. The number of fused-ring (bicyclic) bond motifs is 1. The summed E-state index contributed by atoms with van der Waals surface area (Å²) in [6, 6.07) is 4.47. The van der Waals surface area contributed by atoms with Crippen LogP contribution in [-0.4, -0.2) is 67.3 Å². The van der Waals surface area contributed by atoms with E-state index in [9.17, 15) is 18.0 Å². The maximum absolute atomic E-state index is 13.2. The van der Waals surface area contributed by atoms with Crippen molar-refractivity contribution < 1.29 is 22.7 Å². The molecule has 3 N–H and O–H groups in total. The lowest BCUT2D eigenvalue weighted by molar-refractivity contribution is -0.134. The van der Waals surface area contributed by atoms with Crippen molar-refractivity contribution in [1.29, 1.82) is 0 Å². The van der Waals surface area contributed by atoms with Crippen LogP contribution in [0.3, 0.4) is 0 Å². The minimum absolute atomic E-state index is 0.0873. The zero-order valence-electron chi connectivity index (χ0n) is 17.1. The number of carbonyl (C=O) groups excluding carboxylic acids is 2. The fraction of sp³-hybridized carbons (Fsp3) is 0.600. The molecular formula is C20H28N4O5S. The second-order valence-corrected chi connectivity index (χ2v) is 10.2. The minimum Gasteiger partial charge on any atom is -0.479 e. The smallest absolute Gasteiger partial charge is 0.265 e. The molecule has 3 aliphatic heterocycles. The summed E-state index contributed by atoms with van der Waals surface area (Å²) in [5, 5.41) is 2.68. The van der Waals surface area contributed by atoms with Crippen molar-refractivity contribution in [3.63, 3.8) is 0 Å². The van der Waals surface area contributed by atoms with Gasteiger partial charge in [0.15, 0.2) is 6.10 Å². The molecule has 0 bridgehead atoms. The molecule has 30 heavy (non-hydrogen) atoms. The van der Waals surface area contributed by atoms with Gasteiger partial charge in [-0.15, -0.1) is 0 Å². The van der Waals surface area contributed by atoms with Crippen LogP contribution in [0.4, 0.5) is 5.69 Å². The molecule has 1 aromatic carbocycles. The Morgan fingerprint density at radius 1 is 1.17 bits per heavy atom. The van der Waals surface area contributed by atoms with Crippen molar-refractivity contribution in [2.24, 2.45) is 5.73 Å². The highest BCUT2D eigenvalue weighted by atomic mass is 32.2. The van der Waals surface area contributed by atoms with Gasteiger partial charge in [0, 0.05) is 13.1 Å². The van der Waals surface area contributed by atoms with E-state index in [0.29, 0.717) is 24.3 Å². The van der Waals surface area contributed by atoms with Crippen LogP contribution in [0.5, 0.6) is 5.75 Å². The standard InChI is InChI=1S/C20H28N4O5S/c1-14-18(25)22-16-13-15(5-6-17(16)29-14)30(27,28)24-11-7-20(8-12-24,19(21)26)23-9-3-2-4-10-23/h5-6,13-14H,2-4,7-12H2,1H3,(H2,21,26)(H,22,25)/t14-/m1/s1. The molecule has 0 saturated carbocycles. The Kier molecular flexibility index (Phi) is 5.50. The summed E-state index contributed by atoms with van der Waals surface area (Å²) in [5.74, 6) is -0.246. The first-order valence-electron chi connectivity index (χ1n) is 10.4. The first-order chi connectivity index (χ1) is 14.2. The number of benzene rings is 1. The van der Waals surface area contributed by atoms with E-state index in [1.165, 1.54) is 16.4 Å². The van der Waals surface area contributed by atoms with Crippen LogP contribution < -0.4 is 15.8 Å². The summed E-state index contributed by atoms with van der Waals surface area (Å²) in [6.07, 6.45) is 3.33. The molecule has 0 unspecified atom stereocenters. The van der Waals surface area contributed by atoms with Gasteiger partial charge in [0.2, 0.25) is 15.9 Å².